The molecule has 0 amide bonds. The molecule has 92 valence electrons. The van der Waals surface area contributed by atoms with Gasteiger partial charge in [-0.05, 0) is 25.8 Å². The maximum absolute atomic E-state index is 11.1. The third kappa shape index (κ3) is 3.03. The Morgan fingerprint density at radius 3 is 2.82 bits per heavy atom. The zero-order chi connectivity index (χ0) is 13.0. The summed E-state index contributed by atoms with van der Waals surface area (Å²) >= 11 is 0. The lowest BCUT2D eigenvalue weighted by atomic mass is 10.2. The van der Waals surface area contributed by atoms with Crippen LogP contribution in [0.15, 0.2) is 18.8 Å². The lowest BCUT2D eigenvalue weighted by Gasteiger charge is -2.13. The van der Waals surface area contributed by atoms with Crippen molar-refractivity contribution in [2.75, 3.05) is 0 Å². The van der Waals surface area contributed by atoms with Crippen LogP contribution < -0.4 is 4.74 Å². The normalized spacial score (nSPS) is 11.9. The molecule has 1 aromatic rings. The van der Waals surface area contributed by atoms with Crippen LogP contribution in [-0.4, -0.2) is 16.0 Å². The van der Waals surface area contributed by atoms with Crippen molar-refractivity contribution in [3.63, 3.8) is 0 Å². The number of nitro groups is 1. The number of ether oxygens (including phenoxy) is 1. The molecule has 0 aliphatic rings. The summed E-state index contributed by atoms with van der Waals surface area (Å²) < 4.78 is 5.52. The van der Waals surface area contributed by atoms with Gasteiger partial charge in [-0.2, -0.15) is 0 Å². The third-order valence-electron chi connectivity index (χ3n) is 2.38. The molecule has 0 radical (unpaired) electrons. The van der Waals surface area contributed by atoms with Gasteiger partial charge >= 0.3 is 5.69 Å². The molecule has 0 bridgehead atoms. The van der Waals surface area contributed by atoms with Gasteiger partial charge in [-0.1, -0.05) is 13.5 Å². The minimum atomic E-state index is -0.477. The Morgan fingerprint density at radius 1 is 1.71 bits per heavy atom. The molecule has 0 spiro atoms. The van der Waals surface area contributed by atoms with Crippen molar-refractivity contribution in [3.8, 4) is 5.75 Å². The first kappa shape index (κ1) is 13.2. The molecule has 1 aromatic heterocycles. The van der Waals surface area contributed by atoms with Crippen LogP contribution in [0.1, 0.15) is 32.9 Å². The van der Waals surface area contributed by atoms with Gasteiger partial charge in [0.25, 0.3) is 0 Å². The number of aromatic nitrogens is 1. The Bertz CT molecular complexity index is 443. The van der Waals surface area contributed by atoms with Gasteiger partial charge in [0.05, 0.1) is 11.0 Å². The summed E-state index contributed by atoms with van der Waals surface area (Å²) in [5, 5.41) is 11.1. The first-order valence-corrected chi connectivity index (χ1v) is 5.43. The van der Waals surface area contributed by atoms with Crippen LogP contribution in [-0.2, 0) is 0 Å². The zero-order valence-electron chi connectivity index (χ0n) is 10.3. The molecule has 0 fully saturated rings. The summed E-state index contributed by atoms with van der Waals surface area (Å²) in [6.07, 6.45) is 2.20. The van der Waals surface area contributed by atoms with Crippen LogP contribution in [0.5, 0.6) is 5.75 Å². The summed E-state index contributed by atoms with van der Waals surface area (Å²) in [6, 6.07) is 1.51. The maximum atomic E-state index is 11.1. The van der Waals surface area contributed by atoms with Crippen LogP contribution in [0.25, 0.3) is 5.57 Å². The fourth-order valence-corrected chi connectivity index (χ4v) is 1.32. The second kappa shape index (κ2) is 5.43. The van der Waals surface area contributed by atoms with Crippen molar-refractivity contribution >= 4 is 11.3 Å². The molecule has 0 aliphatic heterocycles. The standard InChI is InChI=1S/C12H16N2O3/c1-5-9(4)17-10-6-7-13-11(8(2)3)12(10)14(15)16/h6-7,9H,2,5H2,1,3-4H3/t9-/m0/s1. The van der Waals surface area contributed by atoms with Crippen molar-refractivity contribution in [3.05, 3.63) is 34.7 Å². The molecule has 0 aliphatic carbocycles. The predicted molar refractivity (Wildman–Crippen MR) is 66.0 cm³/mol. The average Bonchev–Trinajstić information content (AvgIpc) is 2.28. The largest absolute Gasteiger partial charge is 0.484 e. The van der Waals surface area contributed by atoms with Crippen molar-refractivity contribution in [2.24, 2.45) is 0 Å². The van der Waals surface area contributed by atoms with Crippen molar-refractivity contribution < 1.29 is 9.66 Å². The van der Waals surface area contributed by atoms with Gasteiger partial charge in [0.15, 0.2) is 0 Å². The second-order valence-electron chi connectivity index (χ2n) is 3.88. The van der Waals surface area contributed by atoms with Gasteiger partial charge in [0.1, 0.15) is 5.69 Å². The van der Waals surface area contributed by atoms with Gasteiger partial charge in [0, 0.05) is 12.3 Å². The molecule has 1 heterocycles. The van der Waals surface area contributed by atoms with E-state index in [2.05, 4.69) is 11.6 Å². The number of rotatable bonds is 5. The molecule has 17 heavy (non-hydrogen) atoms. The topological polar surface area (TPSA) is 65.3 Å². The molecule has 0 N–H and O–H groups in total. The summed E-state index contributed by atoms with van der Waals surface area (Å²) in [4.78, 5) is 14.6. The van der Waals surface area contributed by atoms with Gasteiger partial charge in [-0.15, -0.1) is 0 Å². The van der Waals surface area contributed by atoms with Gasteiger partial charge in [-0.3, -0.25) is 10.1 Å². The van der Waals surface area contributed by atoms with Gasteiger partial charge in [-0.25, -0.2) is 4.98 Å². The summed E-state index contributed by atoms with van der Waals surface area (Å²) in [6.45, 7) is 9.19. The van der Waals surface area contributed by atoms with E-state index >= 15 is 0 Å². The van der Waals surface area contributed by atoms with Crippen molar-refractivity contribution in [1.82, 2.24) is 4.98 Å². The van der Waals surface area contributed by atoms with Crippen molar-refractivity contribution in [1.29, 1.82) is 0 Å². The number of allylic oxidation sites excluding steroid dienone is 1. The van der Waals surface area contributed by atoms with Crippen LogP contribution >= 0.6 is 0 Å². The Labute approximate surface area is 100 Å². The van der Waals surface area contributed by atoms with E-state index in [4.69, 9.17) is 4.74 Å². The maximum Gasteiger partial charge on any atom is 0.336 e. The SMILES string of the molecule is C=C(C)c1nccc(O[C@@H](C)CC)c1[N+](=O)[O-]. The average molecular weight is 236 g/mol. The first-order chi connectivity index (χ1) is 7.97. The highest BCUT2D eigenvalue weighted by Gasteiger charge is 2.23. The number of hydrogen-bond acceptors (Lipinski definition) is 4. The van der Waals surface area contributed by atoms with E-state index in [1.54, 1.807) is 6.92 Å². The predicted octanol–water partition coefficient (Wildman–Crippen LogP) is 3.20. The lowest BCUT2D eigenvalue weighted by molar-refractivity contribution is -0.386. The Balaban J connectivity index is 3.25. The molecule has 0 saturated heterocycles. The second-order valence-corrected chi connectivity index (χ2v) is 3.88. The van der Waals surface area contributed by atoms with E-state index in [1.165, 1.54) is 12.3 Å². The number of pyridine rings is 1. The van der Waals surface area contributed by atoms with Crippen LogP contribution in [0.2, 0.25) is 0 Å². The smallest absolute Gasteiger partial charge is 0.336 e. The van der Waals surface area contributed by atoms with Crippen LogP contribution in [0, 0.1) is 10.1 Å². The van der Waals surface area contributed by atoms with E-state index in [0.29, 0.717) is 5.57 Å². The summed E-state index contributed by atoms with van der Waals surface area (Å²) in [5.74, 6) is 0.248. The van der Waals surface area contributed by atoms with E-state index in [-0.39, 0.29) is 23.2 Å². The van der Waals surface area contributed by atoms with Gasteiger partial charge in [0.2, 0.25) is 5.75 Å². The molecule has 0 saturated carbocycles. The summed E-state index contributed by atoms with van der Waals surface area (Å²) in [5.41, 5.74) is 0.711. The summed E-state index contributed by atoms with van der Waals surface area (Å²) in [7, 11) is 0. The molecule has 5 nitrogen and oxygen atoms in total. The van der Waals surface area contributed by atoms with Crippen LogP contribution in [0.4, 0.5) is 5.69 Å². The monoisotopic (exact) mass is 236 g/mol. The molecule has 0 aromatic carbocycles. The van der Waals surface area contributed by atoms with Crippen molar-refractivity contribution in [2.45, 2.75) is 33.3 Å². The van der Waals surface area contributed by atoms with E-state index < -0.39 is 4.92 Å². The molecule has 1 rings (SSSR count). The Kier molecular flexibility index (Phi) is 4.20. The van der Waals surface area contributed by atoms with Crippen LogP contribution in [0.3, 0.4) is 0 Å². The van der Waals surface area contributed by atoms with E-state index in [9.17, 15) is 10.1 Å². The fraction of sp³-hybridized carbons (Fsp3) is 0.417. The first-order valence-electron chi connectivity index (χ1n) is 5.43. The number of hydrogen-bond donors (Lipinski definition) is 0. The molecular formula is C12H16N2O3. The van der Waals surface area contributed by atoms with E-state index in [0.717, 1.165) is 6.42 Å². The fourth-order valence-electron chi connectivity index (χ4n) is 1.32. The molecule has 5 heteroatoms. The van der Waals surface area contributed by atoms with E-state index in [1.807, 2.05) is 13.8 Å². The minimum absolute atomic E-state index is 0.0749. The minimum Gasteiger partial charge on any atom is -0.484 e. The zero-order valence-corrected chi connectivity index (χ0v) is 10.3. The number of nitrogens with zero attached hydrogens (tertiary/aromatic N) is 2. The third-order valence-corrected chi connectivity index (χ3v) is 2.38. The molecule has 1 atom stereocenters. The van der Waals surface area contributed by atoms with Gasteiger partial charge < -0.3 is 4.74 Å². The molecule has 0 unspecified atom stereocenters. The highest BCUT2D eigenvalue weighted by Crippen LogP contribution is 2.33. The Morgan fingerprint density at radius 2 is 2.35 bits per heavy atom. The highest BCUT2D eigenvalue weighted by atomic mass is 16.6. The quantitative estimate of drug-likeness (QED) is 0.581. The highest BCUT2D eigenvalue weighted by molar-refractivity contribution is 5.70. The molecular weight excluding hydrogens is 220 g/mol. The lowest BCUT2D eigenvalue weighted by Crippen LogP contribution is -2.12. The Hall–Kier alpha value is -1.91.